The van der Waals surface area contributed by atoms with E-state index in [1.807, 2.05) is 6.07 Å². The molecule has 2 fully saturated rings. The molecule has 3 amide bonds. The molecule has 0 saturated carbocycles. The number of imide groups is 1. The standard InChI is InChI=1S/C17H19N3O5/c18-12-7-24-8-14(12)25-10-1-2-11-9(5-10)6-20(17(11)23)13-3-4-15(21)19-16(13)22/h1-2,5,12-14H,3-4,6-8,18H2,(H,19,21,22)/t12-,13?,14+/m0/s1. The highest BCUT2D eigenvalue weighted by molar-refractivity contribution is 6.05. The number of fused-ring (bicyclic) bond motifs is 1. The monoisotopic (exact) mass is 345 g/mol. The van der Waals surface area contributed by atoms with Crippen molar-refractivity contribution >= 4 is 17.7 Å². The average molecular weight is 345 g/mol. The van der Waals surface area contributed by atoms with Gasteiger partial charge in [-0.2, -0.15) is 0 Å². The molecule has 3 N–H and O–H groups in total. The SMILES string of the molecule is N[C@H]1COC[C@H]1Oc1ccc2c(c1)CN(C1CCC(=O)NC1=O)C2=O. The first kappa shape index (κ1) is 16.0. The summed E-state index contributed by atoms with van der Waals surface area (Å²) < 4.78 is 11.1. The van der Waals surface area contributed by atoms with E-state index in [1.165, 1.54) is 4.90 Å². The lowest BCUT2D eigenvalue weighted by Gasteiger charge is -2.29. The van der Waals surface area contributed by atoms with E-state index in [9.17, 15) is 14.4 Å². The van der Waals surface area contributed by atoms with E-state index in [0.717, 1.165) is 5.56 Å². The molecule has 0 spiro atoms. The number of nitrogens with two attached hydrogens (primary N) is 1. The van der Waals surface area contributed by atoms with Gasteiger partial charge in [0.1, 0.15) is 17.9 Å². The van der Waals surface area contributed by atoms with Gasteiger partial charge in [-0.3, -0.25) is 19.7 Å². The minimum atomic E-state index is -0.612. The van der Waals surface area contributed by atoms with Crippen LogP contribution in [-0.4, -0.2) is 54.0 Å². The molecule has 0 radical (unpaired) electrons. The Hall–Kier alpha value is -2.45. The Bertz CT molecular complexity index is 750. The second kappa shape index (κ2) is 6.12. The molecule has 0 aliphatic carbocycles. The minimum absolute atomic E-state index is 0.171. The Morgan fingerprint density at radius 3 is 2.80 bits per heavy atom. The number of carbonyl (C=O) groups excluding carboxylic acids is 3. The summed E-state index contributed by atoms with van der Waals surface area (Å²) in [6.45, 7) is 1.24. The van der Waals surface area contributed by atoms with Gasteiger partial charge in [-0.15, -0.1) is 0 Å². The highest BCUT2D eigenvalue weighted by Gasteiger charge is 2.39. The van der Waals surface area contributed by atoms with Crippen LogP contribution in [0.5, 0.6) is 5.75 Å². The molecule has 8 heteroatoms. The second-order valence-corrected chi connectivity index (χ2v) is 6.58. The smallest absolute Gasteiger partial charge is 0.255 e. The van der Waals surface area contributed by atoms with Crippen LogP contribution in [0.15, 0.2) is 18.2 Å². The lowest BCUT2D eigenvalue weighted by Crippen LogP contribution is -2.52. The van der Waals surface area contributed by atoms with Crippen LogP contribution >= 0.6 is 0 Å². The molecule has 2 saturated heterocycles. The zero-order chi connectivity index (χ0) is 17.6. The number of rotatable bonds is 3. The quantitative estimate of drug-likeness (QED) is 0.718. The third-order valence-electron chi connectivity index (χ3n) is 4.85. The van der Waals surface area contributed by atoms with Gasteiger partial charge in [-0.05, 0) is 30.2 Å². The van der Waals surface area contributed by atoms with E-state index in [1.54, 1.807) is 12.1 Å². The summed E-state index contributed by atoms with van der Waals surface area (Å²) in [7, 11) is 0. The Kier molecular flexibility index (Phi) is 3.93. The summed E-state index contributed by atoms with van der Waals surface area (Å²) in [5.41, 5.74) is 7.29. The number of nitrogens with one attached hydrogen (secondary N) is 1. The van der Waals surface area contributed by atoms with Gasteiger partial charge >= 0.3 is 0 Å². The normalized spacial score (nSPS) is 28.9. The molecule has 3 heterocycles. The lowest BCUT2D eigenvalue weighted by atomic mass is 10.0. The molecule has 3 aliphatic heterocycles. The van der Waals surface area contributed by atoms with Gasteiger partial charge in [0.2, 0.25) is 11.8 Å². The van der Waals surface area contributed by atoms with Crippen LogP contribution in [0.2, 0.25) is 0 Å². The number of ether oxygens (including phenoxy) is 2. The first-order chi connectivity index (χ1) is 12.0. The van der Waals surface area contributed by atoms with E-state index in [-0.39, 0.29) is 30.4 Å². The molecule has 1 unspecified atom stereocenters. The Morgan fingerprint density at radius 1 is 1.24 bits per heavy atom. The zero-order valence-corrected chi connectivity index (χ0v) is 13.6. The number of hydrogen-bond donors (Lipinski definition) is 2. The molecule has 132 valence electrons. The second-order valence-electron chi connectivity index (χ2n) is 6.58. The first-order valence-corrected chi connectivity index (χ1v) is 8.30. The molecule has 25 heavy (non-hydrogen) atoms. The van der Waals surface area contributed by atoms with Crippen LogP contribution < -0.4 is 15.8 Å². The average Bonchev–Trinajstić information content (AvgIpc) is 3.12. The number of benzene rings is 1. The van der Waals surface area contributed by atoms with Gasteiger partial charge in [-0.25, -0.2) is 0 Å². The predicted octanol–water partition coefficient (Wildman–Crippen LogP) is -0.447. The molecule has 1 aromatic carbocycles. The molecular formula is C17H19N3O5. The molecule has 8 nitrogen and oxygen atoms in total. The van der Waals surface area contributed by atoms with Crippen molar-refractivity contribution in [3.05, 3.63) is 29.3 Å². The van der Waals surface area contributed by atoms with Crippen LogP contribution in [0, 0.1) is 0 Å². The number of nitrogens with zero attached hydrogens (tertiary/aromatic N) is 1. The van der Waals surface area contributed by atoms with Crippen molar-refractivity contribution in [2.45, 2.75) is 37.6 Å². The molecule has 3 atom stereocenters. The Morgan fingerprint density at radius 2 is 2.08 bits per heavy atom. The fourth-order valence-electron chi connectivity index (χ4n) is 3.47. The minimum Gasteiger partial charge on any atom is -0.486 e. The molecule has 0 bridgehead atoms. The van der Waals surface area contributed by atoms with Gasteiger partial charge in [0.15, 0.2) is 0 Å². The van der Waals surface area contributed by atoms with E-state index < -0.39 is 11.9 Å². The first-order valence-electron chi connectivity index (χ1n) is 8.30. The molecule has 4 rings (SSSR count). The Balaban J connectivity index is 1.51. The van der Waals surface area contributed by atoms with Gasteiger partial charge in [0, 0.05) is 18.5 Å². The fraction of sp³-hybridized carbons (Fsp3) is 0.471. The fourth-order valence-corrected chi connectivity index (χ4v) is 3.47. The zero-order valence-electron chi connectivity index (χ0n) is 13.6. The summed E-state index contributed by atoms with van der Waals surface area (Å²) >= 11 is 0. The van der Waals surface area contributed by atoms with Crippen molar-refractivity contribution in [1.29, 1.82) is 0 Å². The molecule has 1 aromatic rings. The van der Waals surface area contributed by atoms with Crippen molar-refractivity contribution < 1.29 is 23.9 Å². The maximum absolute atomic E-state index is 12.6. The van der Waals surface area contributed by atoms with E-state index in [0.29, 0.717) is 37.5 Å². The van der Waals surface area contributed by atoms with Crippen LogP contribution in [0.25, 0.3) is 0 Å². The molecule has 0 aromatic heterocycles. The summed E-state index contributed by atoms with van der Waals surface area (Å²) in [4.78, 5) is 37.5. The van der Waals surface area contributed by atoms with Crippen molar-refractivity contribution in [1.82, 2.24) is 10.2 Å². The third kappa shape index (κ3) is 2.87. The summed E-state index contributed by atoms with van der Waals surface area (Å²) in [5.74, 6) is -0.279. The van der Waals surface area contributed by atoms with E-state index >= 15 is 0 Å². The summed E-state index contributed by atoms with van der Waals surface area (Å²) in [6, 6.07) is 4.47. The third-order valence-corrected chi connectivity index (χ3v) is 4.85. The van der Waals surface area contributed by atoms with Crippen LogP contribution in [0.1, 0.15) is 28.8 Å². The predicted molar refractivity (Wildman–Crippen MR) is 85.7 cm³/mol. The van der Waals surface area contributed by atoms with E-state index in [4.69, 9.17) is 15.2 Å². The molecular weight excluding hydrogens is 326 g/mol. The van der Waals surface area contributed by atoms with Crippen molar-refractivity contribution in [2.75, 3.05) is 13.2 Å². The van der Waals surface area contributed by atoms with Crippen LogP contribution in [0.4, 0.5) is 0 Å². The van der Waals surface area contributed by atoms with Crippen LogP contribution in [0.3, 0.4) is 0 Å². The summed E-state index contributed by atoms with van der Waals surface area (Å²) in [5, 5.41) is 2.29. The maximum atomic E-state index is 12.6. The maximum Gasteiger partial charge on any atom is 0.255 e. The van der Waals surface area contributed by atoms with Crippen molar-refractivity contribution in [2.24, 2.45) is 5.73 Å². The Labute approximate surface area is 144 Å². The highest BCUT2D eigenvalue weighted by Crippen LogP contribution is 2.30. The van der Waals surface area contributed by atoms with Gasteiger partial charge in [0.05, 0.1) is 19.3 Å². The van der Waals surface area contributed by atoms with Crippen molar-refractivity contribution in [3.8, 4) is 5.75 Å². The van der Waals surface area contributed by atoms with Gasteiger partial charge < -0.3 is 20.1 Å². The molecule has 3 aliphatic rings. The topological polar surface area (TPSA) is 111 Å². The van der Waals surface area contributed by atoms with Gasteiger partial charge in [0.25, 0.3) is 5.91 Å². The van der Waals surface area contributed by atoms with Gasteiger partial charge in [-0.1, -0.05) is 0 Å². The number of carbonyl (C=O) groups is 3. The van der Waals surface area contributed by atoms with E-state index in [2.05, 4.69) is 5.32 Å². The number of amides is 3. The highest BCUT2D eigenvalue weighted by atomic mass is 16.5. The lowest BCUT2D eigenvalue weighted by molar-refractivity contribution is -0.136. The van der Waals surface area contributed by atoms with Crippen molar-refractivity contribution in [3.63, 3.8) is 0 Å². The number of hydrogen-bond acceptors (Lipinski definition) is 6. The summed E-state index contributed by atoms with van der Waals surface area (Å²) in [6.07, 6.45) is 0.383. The number of piperidine rings is 1. The van der Waals surface area contributed by atoms with Crippen LogP contribution in [-0.2, 0) is 20.9 Å². The largest absolute Gasteiger partial charge is 0.486 e.